The molecule has 3 N–H and O–H groups in total. The molecule has 25 heavy (non-hydrogen) atoms. The first-order chi connectivity index (χ1) is 12.1. The summed E-state index contributed by atoms with van der Waals surface area (Å²) < 4.78 is 10.3. The number of para-hydroxylation sites is 1. The van der Waals surface area contributed by atoms with E-state index in [9.17, 15) is 9.59 Å². The van der Waals surface area contributed by atoms with Gasteiger partial charge in [0, 0.05) is 10.9 Å². The van der Waals surface area contributed by atoms with E-state index in [1.807, 2.05) is 6.07 Å². The van der Waals surface area contributed by atoms with Crippen LogP contribution in [0.15, 0.2) is 42.5 Å². The maximum absolute atomic E-state index is 12.2. The molecule has 0 bridgehead atoms. The average molecular weight is 340 g/mol. The third kappa shape index (κ3) is 3.23. The number of hydrogen-bond acceptors (Lipinski definition) is 5. The number of benzene rings is 2. The first-order valence-electron chi connectivity index (χ1n) is 7.40. The second kappa shape index (κ2) is 6.91. The molecule has 0 radical (unpaired) electrons. The zero-order chi connectivity index (χ0) is 17.8. The fourth-order valence-corrected chi connectivity index (χ4v) is 2.36. The third-order valence-corrected chi connectivity index (χ3v) is 3.62. The molecule has 0 fully saturated rings. The lowest BCUT2D eigenvalue weighted by atomic mass is 10.2. The smallest absolute Gasteiger partial charge is 0.290 e. The molecule has 1 heterocycles. The number of carbonyl (C=O) groups excluding carboxylic acids is 2. The summed E-state index contributed by atoms with van der Waals surface area (Å²) >= 11 is 0. The molecule has 2 amide bonds. The lowest BCUT2D eigenvalue weighted by molar-refractivity contribution is 0.0844. The molecule has 0 saturated heterocycles. The van der Waals surface area contributed by atoms with Crippen LogP contribution in [0.4, 0.5) is 0 Å². The molecule has 0 spiro atoms. The number of rotatable bonds is 4. The van der Waals surface area contributed by atoms with Crippen molar-refractivity contribution in [2.75, 3.05) is 14.2 Å². The van der Waals surface area contributed by atoms with Crippen LogP contribution >= 0.6 is 0 Å². The van der Waals surface area contributed by atoms with Crippen LogP contribution in [-0.4, -0.2) is 36.2 Å². The van der Waals surface area contributed by atoms with E-state index in [2.05, 4.69) is 21.0 Å². The van der Waals surface area contributed by atoms with Gasteiger partial charge in [-0.1, -0.05) is 18.2 Å². The van der Waals surface area contributed by atoms with E-state index in [1.54, 1.807) is 30.3 Å². The van der Waals surface area contributed by atoms with Gasteiger partial charge in [-0.2, -0.15) is 5.10 Å². The number of H-pyrrole nitrogens is 1. The molecule has 0 saturated carbocycles. The molecular formula is C17H16N4O4. The number of amides is 2. The van der Waals surface area contributed by atoms with Crippen molar-refractivity contribution in [2.45, 2.75) is 0 Å². The van der Waals surface area contributed by atoms with E-state index in [1.165, 1.54) is 20.3 Å². The highest BCUT2D eigenvalue weighted by atomic mass is 16.5. The van der Waals surface area contributed by atoms with Crippen LogP contribution < -0.4 is 20.3 Å². The number of nitrogens with zero attached hydrogens (tertiary/aromatic N) is 1. The Kier molecular flexibility index (Phi) is 4.51. The highest BCUT2D eigenvalue weighted by molar-refractivity contribution is 6.05. The van der Waals surface area contributed by atoms with E-state index in [0.717, 1.165) is 5.52 Å². The minimum atomic E-state index is -0.522. The fraction of sp³-hybridized carbons (Fsp3) is 0.118. The van der Waals surface area contributed by atoms with Crippen LogP contribution in [0.5, 0.6) is 11.5 Å². The summed E-state index contributed by atoms with van der Waals surface area (Å²) in [5, 5.41) is 7.40. The van der Waals surface area contributed by atoms with Crippen molar-refractivity contribution in [2.24, 2.45) is 0 Å². The van der Waals surface area contributed by atoms with Gasteiger partial charge in [0.2, 0.25) is 0 Å². The van der Waals surface area contributed by atoms with E-state index < -0.39 is 11.8 Å². The maximum Gasteiger partial charge on any atom is 0.290 e. The average Bonchev–Trinajstić information content (AvgIpc) is 3.09. The van der Waals surface area contributed by atoms with Crippen molar-refractivity contribution in [1.82, 2.24) is 21.0 Å². The van der Waals surface area contributed by atoms with Gasteiger partial charge >= 0.3 is 0 Å². The van der Waals surface area contributed by atoms with Crippen molar-refractivity contribution in [3.8, 4) is 11.5 Å². The van der Waals surface area contributed by atoms with Gasteiger partial charge in [-0.25, -0.2) is 0 Å². The largest absolute Gasteiger partial charge is 0.493 e. The molecular weight excluding hydrogens is 324 g/mol. The fourth-order valence-electron chi connectivity index (χ4n) is 2.36. The van der Waals surface area contributed by atoms with Crippen molar-refractivity contribution in [1.29, 1.82) is 0 Å². The van der Waals surface area contributed by atoms with E-state index in [0.29, 0.717) is 22.4 Å². The monoisotopic (exact) mass is 340 g/mol. The standard InChI is InChI=1S/C17H16N4O4/c1-24-13-8-7-10(9-14(13)25-2)16(22)20-21-17(23)15-11-5-3-4-6-12(11)18-19-15/h3-9H,1-2H3,(H,18,19)(H,20,22)(H,21,23). The molecule has 0 atom stereocenters. The summed E-state index contributed by atoms with van der Waals surface area (Å²) in [6, 6.07) is 11.9. The van der Waals surface area contributed by atoms with Crippen LogP contribution in [0, 0.1) is 0 Å². The molecule has 1 aromatic heterocycles. The molecule has 0 aliphatic heterocycles. The molecule has 0 aliphatic rings. The Morgan fingerprint density at radius 2 is 1.68 bits per heavy atom. The number of carbonyl (C=O) groups is 2. The second-order valence-corrected chi connectivity index (χ2v) is 5.10. The van der Waals surface area contributed by atoms with Gasteiger partial charge in [0.1, 0.15) is 0 Å². The molecule has 3 aromatic rings. The molecule has 0 unspecified atom stereocenters. The number of aromatic amines is 1. The van der Waals surface area contributed by atoms with Gasteiger partial charge < -0.3 is 9.47 Å². The van der Waals surface area contributed by atoms with Crippen LogP contribution in [0.3, 0.4) is 0 Å². The summed E-state index contributed by atoms with van der Waals surface area (Å²) in [4.78, 5) is 24.4. The predicted molar refractivity (Wildman–Crippen MR) is 90.6 cm³/mol. The number of nitrogens with one attached hydrogen (secondary N) is 3. The highest BCUT2D eigenvalue weighted by Gasteiger charge is 2.16. The highest BCUT2D eigenvalue weighted by Crippen LogP contribution is 2.27. The van der Waals surface area contributed by atoms with Gasteiger partial charge in [-0.05, 0) is 24.3 Å². The van der Waals surface area contributed by atoms with Gasteiger partial charge in [-0.15, -0.1) is 0 Å². The molecule has 128 valence electrons. The SMILES string of the molecule is COc1ccc(C(=O)NNC(=O)c2n[nH]c3ccccc23)cc1OC. The number of hydrogen-bond donors (Lipinski definition) is 3. The van der Waals surface area contributed by atoms with Gasteiger partial charge in [0.05, 0.1) is 19.7 Å². The summed E-state index contributed by atoms with van der Waals surface area (Å²) in [7, 11) is 2.98. The summed E-state index contributed by atoms with van der Waals surface area (Å²) in [5.74, 6) is -0.0914. The zero-order valence-electron chi connectivity index (χ0n) is 13.6. The van der Waals surface area contributed by atoms with E-state index >= 15 is 0 Å². The van der Waals surface area contributed by atoms with Crippen LogP contribution in [0.2, 0.25) is 0 Å². The van der Waals surface area contributed by atoms with E-state index in [-0.39, 0.29) is 5.69 Å². The molecule has 0 aliphatic carbocycles. The van der Waals surface area contributed by atoms with Crippen LogP contribution in [0.1, 0.15) is 20.8 Å². The van der Waals surface area contributed by atoms with Crippen molar-refractivity contribution in [3.05, 3.63) is 53.7 Å². The normalized spacial score (nSPS) is 10.3. The van der Waals surface area contributed by atoms with Crippen LogP contribution in [-0.2, 0) is 0 Å². The quantitative estimate of drug-likeness (QED) is 0.626. The van der Waals surface area contributed by atoms with E-state index in [4.69, 9.17) is 9.47 Å². The number of ether oxygens (including phenoxy) is 2. The molecule has 8 nitrogen and oxygen atoms in total. The summed E-state index contributed by atoms with van der Waals surface area (Å²) in [6.07, 6.45) is 0. The number of hydrazine groups is 1. The number of aromatic nitrogens is 2. The number of methoxy groups -OCH3 is 2. The maximum atomic E-state index is 12.2. The second-order valence-electron chi connectivity index (χ2n) is 5.10. The topological polar surface area (TPSA) is 105 Å². The minimum absolute atomic E-state index is 0.197. The third-order valence-electron chi connectivity index (χ3n) is 3.62. The lowest BCUT2D eigenvalue weighted by Crippen LogP contribution is -2.41. The van der Waals surface area contributed by atoms with Gasteiger partial charge in [-0.3, -0.25) is 25.5 Å². The Balaban J connectivity index is 1.71. The predicted octanol–water partition coefficient (Wildman–Crippen LogP) is 1.65. The Labute approximate surface area is 143 Å². The minimum Gasteiger partial charge on any atom is -0.493 e. The van der Waals surface area contributed by atoms with Gasteiger partial charge in [0.15, 0.2) is 17.2 Å². The molecule has 2 aromatic carbocycles. The first-order valence-corrected chi connectivity index (χ1v) is 7.40. The lowest BCUT2D eigenvalue weighted by Gasteiger charge is -2.10. The zero-order valence-corrected chi connectivity index (χ0v) is 13.6. The van der Waals surface area contributed by atoms with Crippen molar-refractivity contribution < 1.29 is 19.1 Å². The summed E-state index contributed by atoms with van der Waals surface area (Å²) in [6.45, 7) is 0. The van der Waals surface area contributed by atoms with Crippen molar-refractivity contribution in [3.63, 3.8) is 0 Å². The Hall–Kier alpha value is -3.55. The summed E-state index contributed by atoms with van der Waals surface area (Å²) in [5.41, 5.74) is 5.94. The van der Waals surface area contributed by atoms with Gasteiger partial charge in [0.25, 0.3) is 11.8 Å². The molecule has 8 heteroatoms. The first kappa shape index (κ1) is 16.3. The Bertz CT molecular complexity index is 935. The Morgan fingerprint density at radius 3 is 2.44 bits per heavy atom. The Morgan fingerprint density at radius 1 is 0.960 bits per heavy atom. The molecule has 3 rings (SSSR count). The van der Waals surface area contributed by atoms with Crippen molar-refractivity contribution >= 4 is 22.7 Å². The van der Waals surface area contributed by atoms with Crippen LogP contribution in [0.25, 0.3) is 10.9 Å². The number of fused-ring (bicyclic) bond motifs is 1.